The predicted octanol–water partition coefficient (Wildman–Crippen LogP) is 0.977. The fourth-order valence-corrected chi connectivity index (χ4v) is 0.644. The first-order chi connectivity index (χ1) is 7.33. The summed E-state index contributed by atoms with van der Waals surface area (Å²) in [5.41, 5.74) is 0. The quantitative estimate of drug-likeness (QED) is 0.449. The zero-order chi connectivity index (χ0) is 11.8. The molecule has 0 aliphatic heterocycles. The highest BCUT2D eigenvalue weighted by Gasteiger charge is 1.80. The van der Waals surface area contributed by atoms with Gasteiger partial charge in [0.15, 0.2) is 0 Å². The van der Waals surface area contributed by atoms with Crippen molar-refractivity contribution in [1.29, 1.82) is 0 Å². The maximum absolute atomic E-state index is 8.09. The average molecular weight is 220 g/mol. The molecule has 0 saturated carbocycles. The lowest BCUT2D eigenvalue weighted by molar-refractivity contribution is 0.0650. The van der Waals surface area contributed by atoms with E-state index in [0.717, 1.165) is 13.0 Å². The molecule has 0 aliphatic carbocycles. The van der Waals surface area contributed by atoms with Crippen LogP contribution in [0.25, 0.3) is 0 Å². The molecule has 4 heteroatoms. The zero-order valence-electron chi connectivity index (χ0n) is 9.65. The van der Waals surface area contributed by atoms with Gasteiger partial charge in [0.1, 0.15) is 0 Å². The largest absolute Gasteiger partial charge is 0.394 e. The van der Waals surface area contributed by atoms with Crippen molar-refractivity contribution in [1.82, 2.24) is 0 Å². The minimum absolute atomic E-state index is 0.0278. The summed E-state index contributed by atoms with van der Waals surface area (Å²) in [4.78, 5) is 0. The van der Waals surface area contributed by atoms with Gasteiger partial charge in [-0.2, -0.15) is 0 Å². The molecule has 0 aromatic carbocycles. The van der Waals surface area contributed by atoms with Crippen molar-refractivity contribution < 1.29 is 19.7 Å². The molecule has 92 valence electrons. The van der Waals surface area contributed by atoms with Gasteiger partial charge in [0.25, 0.3) is 0 Å². The highest BCUT2D eigenvalue weighted by molar-refractivity contribution is 4.63. The van der Waals surface area contributed by atoms with E-state index in [4.69, 9.17) is 14.9 Å². The van der Waals surface area contributed by atoms with E-state index < -0.39 is 0 Å². The van der Waals surface area contributed by atoms with E-state index in [0.29, 0.717) is 19.8 Å². The van der Waals surface area contributed by atoms with Crippen LogP contribution in [0.3, 0.4) is 0 Å². The highest BCUT2D eigenvalue weighted by Crippen LogP contribution is 1.86. The Balaban J connectivity index is 0. The molecule has 15 heavy (non-hydrogen) atoms. The number of ether oxygens (including phenoxy) is 2. The van der Waals surface area contributed by atoms with Gasteiger partial charge < -0.3 is 19.7 Å². The minimum atomic E-state index is 0.0278. The first-order valence-electron chi connectivity index (χ1n) is 5.31. The second-order valence-electron chi connectivity index (χ2n) is 2.78. The fraction of sp³-hybridized carbons (Fsp3) is 0.818. The molecule has 0 amide bonds. The Labute approximate surface area is 92.5 Å². The van der Waals surface area contributed by atoms with Gasteiger partial charge in [-0.1, -0.05) is 19.4 Å². The van der Waals surface area contributed by atoms with Crippen LogP contribution in [0.4, 0.5) is 0 Å². The number of hydrogen-bond acceptors (Lipinski definition) is 4. The number of aliphatic hydroxyl groups excluding tert-OH is 2. The topological polar surface area (TPSA) is 58.9 Å². The monoisotopic (exact) mass is 220 g/mol. The molecule has 0 unspecified atom stereocenters. The minimum Gasteiger partial charge on any atom is -0.394 e. The number of unbranched alkanes of at least 4 members (excludes halogenated alkanes) is 1. The number of aliphatic hydroxyl groups is 2. The van der Waals surface area contributed by atoms with Crippen LogP contribution in [0.15, 0.2) is 12.7 Å². The van der Waals surface area contributed by atoms with Crippen molar-refractivity contribution >= 4 is 0 Å². The first-order valence-corrected chi connectivity index (χ1v) is 5.31. The summed E-state index contributed by atoms with van der Waals surface area (Å²) in [6.07, 6.45) is 4.14. The molecule has 0 heterocycles. The number of hydrogen-bond donors (Lipinski definition) is 2. The molecule has 4 nitrogen and oxygen atoms in total. The van der Waals surface area contributed by atoms with Crippen molar-refractivity contribution in [3.05, 3.63) is 12.7 Å². The maximum atomic E-state index is 8.09. The third-order valence-corrected chi connectivity index (χ3v) is 1.35. The van der Waals surface area contributed by atoms with Crippen LogP contribution >= 0.6 is 0 Å². The maximum Gasteiger partial charge on any atom is 0.0698 e. The van der Waals surface area contributed by atoms with E-state index in [1.807, 2.05) is 0 Å². The molecule has 0 fully saturated rings. The fourth-order valence-electron chi connectivity index (χ4n) is 0.644. The molecule has 0 spiro atoms. The summed E-state index contributed by atoms with van der Waals surface area (Å²) in [6.45, 7) is 7.95. The van der Waals surface area contributed by atoms with E-state index >= 15 is 0 Å². The molecule has 0 aromatic rings. The van der Waals surface area contributed by atoms with Crippen LogP contribution in [-0.2, 0) is 9.47 Å². The Hall–Kier alpha value is -0.420. The van der Waals surface area contributed by atoms with Gasteiger partial charge >= 0.3 is 0 Å². The second kappa shape index (κ2) is 19.2. The Morgan fingerprint density at radius 3 is 2.07 bits per heavy atom. The van der Waals surface area contributed by atoms with Gasteiger partial charge in [-0.25, -0.2) is 0 Å². The first kappa shape index (κ1) is 17.0. The van der Waals surface area contributed by atoms with Crippen LogP contribution in [0.1, 0.15) is 19.8 Å². The molecule has 0 saturated heterocycles. The molecular formula is C11H24O4. The molecule has 0 atom stereocenters. The second-order valence-corrected chi connectivity index (χ2v) is 2.78. The Morgan fingerprint density at radius 2 is 1.67 bits per heavy atom. The van der Waals surface area contributed by atoms with Crippen LogP contribution in [0.2, 0.25) is 0 Å². The predicted molar refractivity (Wildman–Crippen MR) is 60.9 cm³/mol. The summed E-state index contributed by atoms with van der Waals surface area (Å²) in [7, 11) is 0. The third kappa shape index (κ3) is 24.7. The molecular weight excluding hydrogens is 196 g/mol. The van der Waals surface area contributed by atoms with E-state index in [1.165, 1.54) is 6.42 Å². The van der Waals surface area contributed by atoms with Crippen LogP contribution in [0.5, 0.6) is 0 Å². The van der Waals surface area contributed by atoms with E-state index in [1.54, 1.807) is 6.08 Å². The molecule has 0 aliphatic rings. The third-order valence-electron chi connectivity index (χ3n) is 1.35. The van der Waals surface area contributed by atoms with Crippen molar-refractivity contribution in [3.8, 4) is 0 Å². The highest BCUT2D eigenvalue weighted by atomic mass is 16.5. The van der Waals surface area contributed by atoms with Gasteiger partial charge in [-0.3, -0.25) is 0 Å². The van der Waals surface area contributed by atoms with Crippen LogP contribution in [-0.4, -0.2) is 49.9 Å². The SMILES string of the molecule is C=CCOCCCC.OCCOCCO. The van der Waals surface area contributed by atoms with E-state index in [9.17, 15) is 0 Å². The van der Waals surface area contributed by atoms with Gasteiger partial charge in [0.05, 0.1) is 33.0 Å². The van der Waals surface area contributed by atoms with Gasteiger partial charge in [0.2, 0.25) is 0 Å². The summed E-state index contributed by atoms with van der Waals surface area (Å²) in [5.74, 6) is 0. The van der Waals surface area contributed by atoms with Crippen molar-refractivity contribution in [3.63, 3.8) is 0 Å². The van der Waals surface area contributed by atoms with Gasteiger partial charge in [-0.15, -0.1) is 6.58 Å². The lowest BCUT2D eigenvalue weighted by atomic mass is 10.4. The zero-order valence-corrected chi connectivity index (χ0v) is 9.65. The van der Waals surface area contributed by atoms with Crippen LogP contribution in [0, 0.1) is 0 Å². The Bertz CT molecular complexity index is 103. The lowest BCUT2D eigenvalue weighted by Gasteiger charge is -1.95. The van der Waals surface area contributed by atoms with Gasteiger partial charge in [-0.05, 0) is 6.42 Å². The van der Waals surface area contributed by atoms with Crippen LogP contribution < -0.4 is 0 Å². The normalized spacial score (nSPS) is 9.27. The molecule has 2 N–H and O–H groups in total. The molecule has 0 aromatic heterocycles. The van der Waals surface area contributed by atoms with Crippen molar-refractivity contribution in [2.75, 3.05) is 39.6 Å². The summed E-state index contributed by atoms with van der Waals surface area (Å²) in [5, 5.41) is 16.2. The summed E-state index contributed by atoms with van der Waals surface area (Å²) in [6, 6.07) is 0. The van der Waals surface area contributed by atoms with Gasteiger partial charge in [0, 0.05) is 6.61 Å². The standard InChI is InChI=1S/C7H14O.C4H10O3/c1-3-5-7-8-6-4-2;5-1-3-7-4-2-6/h4H,2-3,5-7H2,1H3;5-6H,1-4H2. The molecule has 0 rings (SSSR count). The van der Waals surface area contributed by atoms with Crippen molar-refractivity contribution in [2.24, 2.45) is 0 Å². The number of rotatable bonds is 9. The van der Waals surface area contributed by atoms with E-state index in [2.05, 4.69) is 18.2 Å². The Morgan fingerprint density at radius 1 is 1.07 bits per heavy atom. The lowest BCUT2D eigenvalue weighted by Crippen LogP contribution is -2.03. The smallest absolute Gasteiger partial charge is 0.0698 e. The summed E-state index contributed by atoms with van der Waals surface area (Å²) >= 11 is 0. The molecule has 0 radical (unpaired) electrons. The van der Waals surface area contributed by atoms with Crippen molar-refractivity contribution in [2.45, 2.75) is 19.8 Å². The average Bonchev–Trinajstić information content (AvgIpc) is 2.26. The van der Waals surface area contributed by atoms with E-state index in [-0.39, 0.29) is 13.2 Å². The Kier molecular flexibility index (Phi) is 21.7. The summed E-state index contributed by atoms with van der Waals surface area (Å²) < 4.78 is 9.74. The molecule has 0 bridgehead atoms.